The lowest BCUT2D eigenvalue weighted by atomic mass is 10.1. The summed E-state index contributed by atoms with van der Waals surface area (Å²) in [5.41, 5.74) is 1.44. The fourth-order valence-electron chi connectivity index (χ4n) is 1.68. The molecule has 1 aliphatic rings. The van der Waals surface area contributed by atoms with Crippen LogP contribution in [0.1, 0.15) is 5.56 Å². The summed E-state index contributed by atoms with van der Waals surface area (Å²) in [5, 5.41) is 13.3. The second-order valence-electron chi connectivity index (χ2n) is 3.98. The topological polar surface area (TPSA) is 105 Å². The monoisotopic (exact) mass is 264 g/mol. The van der Waals surface area contributed by atoms with Crippen LogP contribution < -0.4 is 15.4 Å². The summed E-state index contributed by atoms with van der Waals surface area (Å²) in [7, 11) is 0. The first kappa shape index (κ1) is 12.9. The van der Waals surface area contributed by atoms with Gasteiger partial charge in [-0.05, 0) is 24.1 Å². The average molecular weight is 264 g/mol. The van der Waals surface area contributed by atoms with E-state index in [0.29, 0.717) is 17.9 Å². The van der Waals surface area contributed by atoms with E-state index >= 15 is 0 Å². The zero-order chi connectivity index (χ0) is 13.8. The number of amides is 2. The molecule has 7 heteroatoms. The van der Waals surface area contributed by atoms with E-state index in [4.69, 9.17) is 9.84 Å². The third-order valence-electron chi connectivity index (χ3n) is 2.57. The van der Waals surface area contributed by atoms with Gasteiger partial charge in [-0.2, -0.15) is 0 Å². The highest BCUT2D eigenvalue weighted by Crippen LogP contribution is 2.28. The number of carboxylic acid groups (broad SMARTS) is 1. The van der Waals surface area contributed by atoms with Gasteiger partial charge in [-0.25, -0.2) is 4.79 Å². The number of benzene rings is 1. The normalized spacial score (nSPS) is 12.9. The molecule has 3 N–H and O–H groups in total. The Balaban J connectivity index is 1.95. The molecule has 100 valence electrons. The van der Waals surface area contributed by atoms with E-state index in [1.165, 1.54) is 0 Å². The van der Waals surface area contributed by atoms with Crippen molar-refractivity contribution in [3.63, 3.8) is 0 Å². The standard InChI is InChI=1S/C12H12N2O5/c15-10-6-19-9-2-1-7(5-8(9)14-10)3-4-13-11(16)12(17)18/h1-2,5H,3-4,6H2,(H,13,16)(H,14,15)(H,17,18). The third-order valence-corrected chi connectivity index (χ3v) is 2.57. The number of ether oxygens (including phenoxy) is 1. The van der Waals surface area contributed by atoms with Crippen molar-refractivity contribution in [2.45, 2.75) is 6.42 Å². The molecule has 0 aromatic heterocycles. The van der Waals surface area contributed by atoms with Gasteiger partial charge in [-0.1, -0.05) is 6.07 Å². The van der Waals surface area contributed by atoms with E-state index in [1.807, 2.05) is 0 Å². The van der Waals surface area contributed by atoms with Crippen molar-refractivity contribution in [1.82, 2.24) is 5.32 Å². The van der Waals surface area contributed by atoms with E-state index in [-0.39, 0.29) is 19.1 Å². The second kappa shape index (κ2) is 5.38. The Hall–Kier alpha value is -2.57. The van der Waals surface area contributed by atoms with Crippen LogP contribution in [0.5, 0.6) is 5.75 Å². The molecule has 19 heavy (non-hydrogen) atoms. The number of hydrogen-bond donors (Lipinski definition) is 3. The van der Waals surface area contributed by atoms with Crippen molar-refractivity contribution in [2.75, 3.05) is 18.5 Å². The van der Waals surface area contributed by atoms with Gasteiger partial charge in [0, 0.05) is 6.54 Å². The van der Waals surface area contributed by atoms with Crippen LogP contribution >= 0.6 is 0 Å². The Kier molecular flexibility index (Phi) is 3.65. The molecule has 0 aliphatic carbocycles. The lowest BCUT2D eigenvalue weighted by molar-refractivity contribution is -0.150. The number of carbonyl (C=O) groups is 3. The van der Waals surface area contributed by atoms with Crippen molar-refractivity contribution >= 4 is 23.5 Å². The van der Waals surface area contributed by atoms with Crippen molar-refractivity contribution in [3.05, 3.63) is 23.8 Å². The molecule has 0 atom stereocenters. The summed E-state index contributed by atoms with van der Waals surface area (Å²) in [6.07, 6.45) is 0.460. The van der Waals surface area contributed by atoms with Gasteiger partial charge >= 0.3 is 11.9 Å². The third kappa shape index (κ3) is 3.21. The van der Waals surface area contributed by atoms with Gasteiger partial charge in [-0.3, -0.25) is 9.59 Å². The zero-order valence-electron chi connectivity index (χ0n) is 9.93. The van der Waals surface area contributed by atoms with E-state index in [9.17, 15) is 14.4 Å². The van der Waals surface area contributed by atoms with Crippen molar-refractivity contribution in [1.29, 1.82) is 0 Å². The van der Waals surface area contributed by atoms with Gasteiger partial charge in [0.25, 0.3) is 5.91 Å². The molecule has 0 fully saturated rings. The molecule has 2 rings (SSSR count). The molecule has 1 aromatic rings. The Morgan fingerprint density at radius 1 is 1.42 bits per heavy atom. The smallest absolute Gasteiger partial charge is 0.394 e. The molecule has 0 unspecified atom stereocenters. The number of rotatable bonds is 3. The first-order valence-corrected chi connectivity index (χ1v) is 5.63. The predicted molar refractivity (Wildman–Crippen MR) is 64.9 cm³/mol. The molecule has 0 radical (unpaired) electrons. The first-order chi connectivity index (χ1) is 9.06. The van der Waals surface area contributed by atoms with Gasteiger partial charge < -0.3 is 20.5 Å². The summed E-state index contributed by atoms with van der Waals surface area (Å²) in [6, 6.07) is 5.26. The molecule has 1 heterocycles. The lowest BCUT2D eigenvalue weighted by Crippen LogP contribution is -2.32. The fourth-order valence-corrected chi connectivity index (χ4v) is 1.68. The van der Waals surface area contributed by atoms with Crippen LogP contribution in [-0.4, -0.2) is 36.0 Å². The summed E-state index contributed by atoms with van der Waals surface area (Å²) < 4.78 is 5.21. The maximum atomic E-state index is 11.2. The Bertz CT molecular complexity index is 541. The molecule has 7 nitrogen and oxygen atoms in total. The number of aliphatic carboxylic acids is 1. The number of fused-ring (bicyclic) bond motifs is 1. The van der Waals surface area contributed by atoms with Crippen LogP contribution in [-0.2, 0) is 20.8 Å². The minimum atomic E-state index is -1.51. The maximum absolute atomic E-state index is 11.2. The molecule has 0 saturated carbocycles. The van der Waals surface area contributed by atoms with E-state index < -0.39 is 11.9 Å². The highest BCUT2D eigenvalue weighted by molar-refractivity contribution is 6.31. The number of anilines is 1. The number of nitrogens with one attached hydrogen (secondary N) is 2. The average Bonchev–Trinajstić information content (AvgIpc) is 2.38. The molecule has 1 aromatic carbocycles. The molecular formula is C12H12N2O5. The fraction of sp³-hybridized carbons (Fsp3) is 0.250. The van der Waals surface area contributed by atoms with Crippen LogP contribution in [0.4, 0.5) is 5.69 Å². The number of carboxylic acids is 1. The predicted octanol–water partition coefficient (Wildman–Crippen LogP) is -0.239. The lowest BCUT2D eigenvalue weighted by Gasteiger charge is -2.18. The van der Waals surface area contributed by atoms with Crippen molar-refractivity contribution in [3.8, 4) is 5.75 Å². The van der Waals surface area contributed by atoms with Crippen LogP contribution in [0.2, 0.25) is 0 Å². The molecular weight excluding hydrogens is 252 g/mol. The van der Waals surface area contributed by atoms with E-state index in [0.717, 1.165) is 5.56 Å². The van der Waals surface area contributed by atoms with Crippen LogP contribution in [0.15, 0.2) is 18.2 Å². The van der Waals surface area contributed by atoms with Crippen LogP contribution in [0.3, 0.4) is 0 Å². The second-order valence-corrected chi connectivity index (χ2v) is 3.98. The van der Waals surface area contributed by atoms with Crippen molar-refractivity contribution < 1.29 is 24.2 Å². The SMILES string of the molecule is O=C1COc2ccc(CCNC(=O)C(=O)O)cc2N1. The van der Waals surface area contributed by atoms with E-state index in [1.54, 1.807) is 18.2 Å². The molecule has 0 spiro atoms. The quantitative estimate of drug-likeness (QED) is 0.653. The largest absolute Gasteiger partial charge is 0.482 e. The zero-order valence-corrected chi connectivity index (χ0v) is 9.93. The van der Waals surface area contributed by atoms with Gasteiger partial charge in [-0.15, -0.1) is 0 Å². The highest BCUT2D eigenvalue weighted by atomic mass is 16.5. The van der Waals surface area contributed by atoms with Gasteiger partial charge in [0.2, 0.25) is 0 Å². The Morgan fingerprint density at radius 2 is 2.21 bits per heavy atom. The summed E-state index contributed by atoms with van der Waals surface area (Å²) in [6.45, 7) is 0.208. The minimum Gasteiger partial charge on any atom is -0.482 e. The van der Waals surface area contributed by atoms with Gasteiger partial charge in [0.15, 0.2) is 6.61 Å². The minimum absolute atomic E-state index is 0.00101. The molecule has 0 saturated heterocycles. The summed E-state index contributed by atoms with van der Waals surface area (Å²) >= 11 is 0. The van der Waals surface area contributed by atoms with Gasteiger partial charge in [0.1, 0.15) is 5.75 Å². The number of carbonyl (C=O) groups excluding carboxylic acids is 2. The van der Waals surface area contributed by atoms with Crippen LogP contribution in [0.25, 0.3) is 0 Å². The van der Waals surface area contributed by atoms with Crippen LogP contribution in [0, 0.1) is 0 Å². The summed E-state index contributed by atoms with van der Waals surface area (Å²) in [5.74, 6) is -2.16. The van der Waals surface area contributed by atoms with Gasteiger partial charge in [0.05, 0.1) is 5.69 Å². The number of hydrogen-bond acceptors (Lipinski definition) is 4. The Morgan fingerprint density at radius 3 is 2.95 bits per heavy atom. The molecule has 2 amide bonds. The van der Waals surface area contributed by atoms with E-state index in [2.05, 4.69) is 10.6 Å². The Labute approximate surface area is 108 Å². The summed E-state index contributed by atoms with van der Waals surface area (Å²) in [4.78, 5) is 32.3. The maximum Gasteiger partial charge on any atom is 0.394 e. The first-order valence-electron chi connectivity index (χ1n) is 5.63. The van der Waals surface area contributed by atoms with Crippen molar-refractivity contribution in [2.24, 2.45) is 0 Å². The molecule has 1 aliphatic heterocycles. The highest BCUT2D eigenvalue weighted by Gasteiger charge is 2.16. The molecule has 0 bridgehead atoms.